The molecule has 0 N–H and O–H groups in total. The summed E-state index contributed by atoms with van der Waals surface area (Å²) in [6, 6.07) is 5.71. The summed E-state index contributed by atoms with van der Waals surface area (Å²) >= 11 is 1.51. The number of fused-ring (bicyclic) bond motifs is 2. The number of hydrogen-bond donors (Lipinski definition) is 0. The molecule has 2 fully saturated rings. The van der Waals surface area contributed by atoms with Crippen molar-refractivity contribution >= 4 is 17.3 Å². The van der Waals surface area contributed by atoms with E-state index in [1.165, 1.54) is 37.0 Å². The summed E-state index contributed by atoms with van der Waals surface area (Å²) in [5.41, 5.74) is 1.64. The monoisotopic (exact) mass is 387 g/mol. The van der Waals surface area contributed by atoms with Crippen LogP contribution in [0, 0.1) is 17.8 Å². The van der Waals surface area contributed by atoms with Gasteiger partial charge in [0, 0.05) is 11.8 Å². The molecule has 0 aliphatic heterocycles. The predicted molar refractivity (Wildman–Crippen MR) is 104 cm³/mol. The molecule has 0 amide bonds. The molecule has 2 bridgehead atoms. The Hall–Kier alpha value is -2.08. The lowest BCUT2D eigenvalue weighted by Gasteiger charge is -2.20. The minimum absolute atomic E-state index is 0.0962. The van der Waals surface area contributed by atoms with E-state index in [1.54, 1.807) is 14.2 Å². The Kier molecular flexibility index (Phi) is 5.34. The molecule has 1 heterocycles. The first-order valence-electron chi connectivity index (χ1n) is 9.49. The molecule has 0 unspecified atom stereocenters. The zero-order valence-electron chi connectivity index (χ0n) is 15.8. The van der Waals surface area contributed by atoms with Crippen molar-refractivity contribution < 1.29 is 19.0 Å². The third kappa shape index (κ3) is 3.81. The molecule has 3 atom stereocenters. The first-order chi connectivity index (χ1) is 13.2. The van der Waals surface area contributed by atoms with Crippen molar-refractivity contribution in [3.8, 4) is 22.1 Å². The van der Waals surface area contributed by atoms with Crippen molar-refractivity contribution in [2.24, 2.45) is 17.8 Å². The first-order valence-corrected chi connectivity index (χ1v) is 10.4. The number of esters is 1. The Labute approximate surface area is 163 Å². The number of nitrogens with zero attached hydrogens (tertiary/aromatic N) is 1. The number of carbonyl (C=O) groups excluding carboxylic acids is 1. The fraction of sp³-hybridized carbons (Fsp3) is 0.524. The topological polar surface area (TPSA) is 57.7 Å². The lowest BCUT2D eigenvalue weighted by Crippen LogP contribution is -2.17. The maximum atomic E-state index is 12.2. The average molecular weight is 388 g/mol. The number of thiazole rings is 1. The van der Waals surface area contributed by atoms with Crippen LogP contribution in [0.5, 0.6) is 11.5 Å². The van der Waals surface area contributed by atoms with Crippen molar-refractivity contribution in [1.29, 1.82) is 0 Å². The maximum Gasteiger partial charge on any atom is 0.306 e. The summed E-state index contributed by atoms with van der Waals surface area (Å²) < 4.78 is 16.3. The fourth-order valence-electron chi connectivity index (χ4n) is 4.61. The minimum atomic E-state index is -0.0962. The van der Waals surface area contributed by atoms with Crippen LogP contribution in [0.2, 0.25) is 0 Å². The molecule has 1 aromatic carbocycles. The molecular weight excluding hydrogens is 362 g/mol. The highest BCUT2D eigenvalue weighted by atomic mass is 32.1. The van der Waals surface area contributed by atoms with Gasteiger partial charge in [-0.2, -0.15) is 0 Å². The third-order valence-corrected chi connectivity index (χ3v) is 6.80. The van der Waals surface area contributed by atoms with E-state index < -0.39 is 0 Å². The summed E-state index contributed by atoms with van der Waals surface area (Å²) in [7, 11) is 3.23. The molecule has 1 aromatic heterocycles. The maximum absolute atomic E-state index is 12.2. The number of para-hydroxylation sites is 1. The number of carbonyl (C=O) groups is 1. The van der Waals surface area contributed by atoms with Gasteiger partial charge in [-0.3, -0.25) is 4.79 Å². The van der Waals surface area contributed by atoms with Crippen molar-refractivity contribution in [3.63, 3.8) is 0 Å². The van der Waals surface area contributed by atoms with E-state index >= 15 is 0 Å². The van der Waals surface area contributed by atoms with Gasteiger partial charge in [0.2, 0.25) is 0 Å². The molecule has 0 spiro atoms. The zero-order valence-corrected chi connectivity index (χ0v) is 16.6. The van der Waals surface area contributed by atoms with Gasteiger partial charge in [-0.05, 0) is 49.1 Å². The van der Waals surface area contributed by atoms with Crippen LogP contribution < -0.4 is 9.47 Å². The molecule has 6 heteroatoms. The lowest BCUT2D eigenvalue weighted by molar-refractivity contribution is -0.146. The van der Waals surface area contributed by atoms with Crippen LogP contribution >= 0.6 is 11.3 Å². The molecule has 27 heavy (non-hydrogen) atoms. The lowest BCUT2D eigenvalue weighted by atomic mass is 9.86. The number of ether oxygens (including phenoxy) is 3. The third-order valence-electron chi connectivity index (χ3n) is 5.88. The van der Waals surface area contributed by atoms with Crippen LogP contribution in [-0.4, -0.2) is 25.2 Å². The molecule has 2 aliphatic rings. The van der Waals surface area contributed by atoms with Gasteiger partial charge in [-0.15, -0.1) is 11.3 Å². The normalized spacial score (nSPS) is 23.4. The SMILES string of the molecule is COc1cccc(-c2nc(COC(=O)C[C@@H]3C[C@H]4CC[C@@H]3C4)cs2)c1OC. The van der Waals surface area contributed by atoms with E-state index in [0.717, 1.165) is 28.1 Å². The summed E-state index contributed by atoms with van der Waals surface area (Å²) in [4.78, 5) is 16.8. The molecular formula is C21H25NO4S. The molecule has 0 saturated heterocycles. The van der Waals surface area contributed by atoms with Gasteiger partial charge in [0.1, 0.15) is 11.6 Å². The van der Waals surface area contributed by atoms with E-state index in [2.05, 4.69) is 4.98 Å². The molecule has 2 aromatic rings. The molecule has 4 rings (SSSR count). The highest BCUT2D eigenvalue weighted by Crippen LogP contribution is 2.49. The predicted octanol–water partition coefficient (Wildman–Crippen LogP) is 4.70. The average Bonchev–Trinajstić information content (AvgIpc) is 3.42. The van der Waals surface area contributed by atoms with E-state index in [0.29, 0.717) is 23.8 Å². The van der Waals surface area contributed by atoms with Crippen molar-refractivity contribution in [2.75, 3.05) is 14.2 Å². The second kappa shape index (κ2) is 7.89. The van der Waals surface area contributed by atoms with Crippen LogP contribution in [0.1, 0.15) is 37.8 Å². The Morgan fingerprint density at radius 3 is 2.81 bits per heavy atom. The zero-order chi connectivity index (χ0) is 18.8. The Balaban J connectivity index is 1.36. The van der Waals surface area contributed by atoms with Gasteiger partial charge in [0.05, 0.1) is 25.5 Å². The highest BCUT2D eigenvalue weighted by molar-refractivity contribution is 7.13. The Bertz CT molecular complexity index is 818. The summed E-state index contributed by atoms with van der Waals surface area (Å²) in [5.74, 6) is 3.36. The van der Waals surface area contributed by atoms with Gasteiger partial charge in [-0.25, -0.2) is 4.98 Å². The summed E-state index contributed by atoms with van der Waals surface area (Å²) in [5, 5.41) is 2.75. The van der Waals surface area contributed by atoms with Gasteiger partial charge < -0.3 is 14.2 Å². The van der Waals surface area contributed by atoms with Gasteiger partial charge >= 0.3 is 5.97 Å². The number of benzene rings is 1. The standard InChI is InChI=1S/C21H25NO4S/c1-24-18-5-3-4-17(20(18)25-2)21-22-16(12-27-21)11-26-19(23)10-15-9-13-6-7-14(15)8-13/h3-5,12-15H,6-11H2,1-2H3/t13-,14+,15-/m0/s1. The quantitative estimate of drug-likeness (QED) is 0.645. The van der Waals surface area contributed by atoms with E-state index in [1.807, 2.05) is 23.6 Å². The first kappa shape index (κ1) is 18.3. The van der Waals surface area contributed by atoms with Gasteiger partial charge in [0.25, 0.3) is 0 Å². The number of hydrogen-bond acceptors (Lipinski definition) is 6. The molecule has 2 aliphatic carbocycles. The minimum Gasteiger partial charge on any atom is -0.493 e. The number of methoxy groups -OCH3 is 2. The summed E-state index contributed by atoms with van der Waals surface area (Å²) in [6.45, 7) is 0.225. The van der Waals surface area contributed by atoms with E-state index in [-0.39, 0.29) is 12.6 Å². The van der Waals surface area contributed by atoms with Gasteiger partial charge in [0.15, 0.2) is 11.5 Å². The van der Waals surface area contributed by atoms with E-state index in [9.17, 15) is 4.79 Å². The van der Waals surface area contributed by atoms with Crippen LogP contribution in [-0.2, 0) is 16.1 Å². The van der Waals surface area contributed by atoms with Crippen molar-refractivity contribution in [2.45, 2.75) is 38.7 Å². The van der Waals surface area contributed by atoms with Crippen LogP contribution in [0.3, 0.4) is 0 Å². The second-order valence-electron chi connectivity index (χ2n) is 7.48. The van der Waals surface area contributed by atoms with Gasteiger partial charge in [-0.1, -0.05) is 12.5 Å². The van der Waals surface area contributed by atoms with Crippen LogP contribution in [0.15, 0.2) is 23.6 Å². The van der Waals surface area contributed by atoms with Crippen LogP contribution in [0.4, 0.5) is 0 Å². The number of rotatable bonds is 7. The fourth-order valence-corrected chi connectivity index (χ4v) is 5.43. The Morgan fingerprint density at radius 1 is 1.22 bits per heavy atom. The highest BCUT2D eigenvalue weighted by Gasteiger charge is 2.40. The second-order valence-corrected chi connectivity index (χ2v) is 8.34. The number of aromatic nitrogens is 1. The molecule has 144 valence electrons. The van der Waals surface area contributed by atoms with Crippen molar-refractivity contribution in [1.82, 2.24) is 4.98 Å². The summed E-state index contributed by atoms with van der Waals surface area (Å²) in [6.07, 6.45) is 5.72. The largest absolute Gasteiger partial charge is 0.493 e. The smallest absolute Gasteiger partial charge is 0.306 e. The van der Waals surface area contributed by atoms with Crippen LogP contribution in [0.25, 0.3) is 10.6 Å². The van der Waals surface area contributed by atoms with E-state index in [4.69, 9.17) is 14.2 Å². The Morgan fingerprint density at radius 2 is 2.11 bits per heavy atom. The van der Waals surface area contributed by atoms with Crippen molar-refractivity contribution in [3.05, 3.63) is 29.3 Å². The molecule has 2 saturated carbocycles. The molecule has 0 radical (unpaired) electrons. The molecule has 5 nitrogen and oxygen atoms in total.